The summed E-state index contributed by atoms with van der Waals surface area (Å²) in [5, 5.41) is 6.59. The van der Waals surface area contributed by atoms with E-state index in [1.165, 1.54) is 5.56 Å². The van der Waals surface area contributed by atoms with E-state index in [1.54, 1.807) is 6.07 Å². The molecule has 2 amide bonds. The summed E-state index contributed by atoms with van der Waals surface area (Å²) >= 11 is 6.09. The number of piperidine rings is 1. The van der Waals surface area contributed by atoms with Crippen LogP contribution < -0.4 is 10.6 Å². The molecule has 0 saturated carbocycles. The number of hydrogen-bond donors (Lipinski definition) is 2. The highest BCUT2D eigenvalue weighted by Crippen LogP contribution is 2.20. The summed E-state index contributed by atoms with van der Waals surface area (Å²) < 4.78 is 0. The summed E-state index contributed by atoms with van der Waals surface area (Å²) in [7, 11) is 0. The van der Waals surface area contributed by atoms with E-state index in [4.69, 9.17) is 11.6 Å². The molecular formula is C20H24ClN3O. The van der Waals surface area contributed by atoms with Gasteiger partial charge in [0, 0.05) is 36.4 Å². The van der Waals surface area contributed by atoms with Crippen molar-refractivity contribution < 1.29 is 4.79 Å². The zero-order valence-electron chi connectivity index (χ0n) is 14.5. The molecule has 0 bridgehead atoms. The second-order valence-electron chi connectivity index (χ2n) is 6.60. The SMILES string of the molecule is Cc1ccc(NC(=O)NC2CCN(Cc3ccccc3)CC2)cc1Cl. The molecule has 3 rings (SSSR count). The van der Waals surface area contributed by atoms with Crippen molar-refractivity contribution in [3.63, 3.8) is 0 Å². The highest BCUT2D eigenvalue weighted by molar-refractivity contribution is 6.31. The third-order valence-electron chi connectivity index (χ3n) is 4.60. The first-order valence-electron chi connectivity index (χ1n) is 8.70. The molecule has 0 atom stereocenters. The molecule has 4 nitrogen and oxygen atoms in total. The Morgan fingerprint density at radius 3 is 2.56 bits per heavy atom. The molecule has 0 radical (unpaired) electrons. The third kappa shape index (κ3) is 5.21. The number of urea groups is 1. The molecule has 2 N–H and O–H groups in total. The summed E-state index contributed by atoms with van der Waals surface area (Å²) in [5.41, 5.74) is 3.05. The summed E-state index contributed by atoms with van der Waals surface area (Å²) in [5.74, 6) is 0. The molecule has 0 aromatic heterocycles. The van der Waals surface area contributed by atoms with Gasteiger partial charge in [-0.05, 0) is 43.0 Å². The molecule has 0 spiro atoms. The Morgan fingerprint density at radius 2 is 1.88 bits per heavy atom. The van der Waals surface area contributed by atoms with E-state index >= 15 is 0 Å². The van der Waals surface area contributed by atoms with Crippen LogP contribution in [0.4, 0.5) is 10.5 Å². The van der Waals surface area contributed by atoms with Crippen LogP contribution in [0.5, 0.6) is 0 Å². The smallest absolute Gasteiger partial charge is 0.319 e. The maximum atomic E-state index is 12.2. The predicted molar refractivity (Wildman–Crippen MR) is 103 cm³/mol. The van der Waals surface area contributed by atoms with Crippen LogP contribution in [0.3, 0.4) is 0 Å². The Morgan fingerprint density at radius 1 is 1.16 bits per heavy atom. The number of nitrogens with one attached hydrogen (secondary N) is 2. The Balaban J connectivity index is 1.43. The predicted octanol–water partition coefficient (Wildman–Crippen LogP) is 4.43. The number of anilines is 1. The Kier molecular flexibility index (Phi) is 5.95. The number of nitrogens with zero attached hydrogens (tertiary/aromatic N) is 1. The van der Waals surface area contributed by atoms with Crippen LogP contribution in [0.2, 0.25) is 5.02 Å². The molecule has 0 unspecified atom stereocenters. The Labute approximate surface area is 154 Å². The standard InChI is InChI=1S/C20H24ClN3O/c1-15-7-8-18(13-19(15)21)23-20(25)22-17-9-11-24(12-10-17)14-16-5-3-2-4-6-16/h2-8,13,17H,9-12,14H2,1H3,(H2,22,23,25). The van der Waals surface area contributed by atoms with Gasteiger partial charge in [0.05, 0.1) is 0 Å². The van der Waals surface area contributed by atoms with E-state index in [9.17, 15) is 4.79 Å². The lowest BCUT2D eigenvalue weighted by atomic mass is 10.0. The quantitative estimate of drug-likeness (QED) is 0.849. The molecule has 5 heteroatoms. The van der Waals surface area contributed by atoms with Gasteiger partial charge in [-0.3, -0.25) is 4.90 Å². The van der Waals surface area contributed by atoms with E-state index < -0.39 is 0 Å². The van der Waals surface area contributed by atoms with E-state index in [0.29, 0.717) is 5.02 Å². The lowest BCUT2D eigenvalue weighted by Gasteiger charge is -2.32. The van der Waals surface area contributed by atoms with Crippen molar-refractivity contribution in [1.82, 2.24) is 10.2 Å². The van der Waals surface area contributed by atoms with Gasteiger partial charge in [0.15, 0.2) is 0 Å². The summed E-state index contributed by atoms with van der Waals surface area (Å²) in [6.07, 6.45) is 1.93. The molecule has 1 heterocycles. The van der Waals surface area contributed by atoms with E-state index in [-0.39, 0.29) is 12.1 Å². The van der Waals surface area contributed by atoms with Crippen LogP contribution in [0.15, 0.2) is 48.5 Å². The number of amides is 2. The van der Waals surface area contributed by atoms with Crippen LogP contribution >= 0.6 is 11.6 Å². The number of carbonyl (C=O) groups is 1. The van der Waals surface area contributed by atoms with Crippen LogP contribution in [-0.4, -0.2) is 30.1 Å². The van der Waals surface area contributed by atoms with Gasteiger partial charge in [0.1, 0.15) is 0 Å². The van der Waals surface area contributed by atoms with Gasteiger partial charge in [0.25, 0.3) is 0 Å². The first-order chi connectivity index (χ1) is 12.1. The largest absolute Gasteiger partial charge is 0.335 e. The van der Waals surface area contributed by atoms with Crippen LogP contribution in [0, 0.1) is 6.92 Å². The fourth-order valence-corrected chi connectivity index (χ4v) is 3.28. The van der Waals surface area contributed by atoms with Crippen molar-refractivity contribution in [2.24, 2.45) is 0 Å². The summed E-state index contributed by atoms with van der Waals surface area (Å²) in [6.45, 7) is 4.91. The molecule has 25 heavy (non-hydrogen) atoms. The monoisotopic (exact) mass is 357 g/mol. The van der Waals surface area contributed by atoms with E-state index in [2.05, 4.69) is 39.8 Å². The normalized spacial score (nSPS) is 15.8. The average Bonchev–Trinajstić information content (AvgIpc) is 2.61. The van der Waals surface area contributed by atoms with Gasteiger partial charge in [-0.15, -0.1) is 0 Å². The van der Waals surface area contributed by atoms with E-state index in [0.717, 1.165) is 43.7 Å². The van der Waals surface area contributed by atoms with Crippen molar-refractivity contribution >= 4 is 23.3 Å². The lowest BCUT2D eigenvalue weighted by Crippen LogP contribution is -2.45. The fraction of sp³-hybridized carbons (Fsp3) is 0.350. The number of hydrogen-bond acceptors (Lipinski definition) is 2. The van der Waals surface area contributed by atoms with Crippen molar-refractivity contribution in [3.8, 4) is 0 Å². The fourth-order valence-electron chi connectivity index (χ4n) is 3.10. The molecule has 1 saturated heterocycles. The highest BCUT2D eigenvalue weighted by Gasteiger charge is 2.20. The number of carbonyl (C=O) groups excluding carboxylic acids is 1. The molecule has 2 aromatic carbocycles. The van der Waals surface area contributed by atoms with E-state index in [1.807, 2.05) is 25.1 Å². The molecular weight excluding hydrogens is 334 g/mol. The first-order valence-corrected chi connectivity index (χ1v) is 9.08. The zero-order valence-corrected chi connectivity index (χ0v) is 15.2. The highest BCUT2D eigenvalue weighted by atomic mass is 35.5. The van der Waals surface area contributed by atoms with Gasteiger partial charge in [-0.2, -0.15) is 0 Å². The number of rotatable bonds is 4. The number of aryl methyl sites for hydroxylation is 1. The first kappa shape index (κ1) is 17.8. The maximum absolute atomic E-state index is 12.2. The summed E-state index contributed by atoms with van der Waals surface area (Å²) in [6, 6.07) is 16.1. The third-order valence-corrected chi connectivity index (χ3v) is 5.01. The average molecular weight is 358 g/mol. The van der Waals surface area contributed by atoms with Crippen molar-refractivity contribution in [3.05, 3.63) is 64.7 Å². The minimum absolute atomic E-state index is 0.165. The van der Waals surface area contributed by atoms with Crippen molar-refractivity contribution in [2.45, 2.75) is 32.4 Å². The molecule has 1 fully saturated rings. The molecule has 0 aliphatic carbocycles. The lowest BCUT2D eigenvalue weighted by molar-refractivity contribution is 0.190. The molecule has 1 aliphatic heterocycles. The topological polar surface area (TPSA) is 44.4 Å². The van der Waals surface area contributed by atoms with Gasteiger partial charge in [-0.25, -0.2) is 4.79 Å². The zero-order chi connectivity index (χ0) is 17.6. The van der Waals surface area contributed by atoms with Crippen molar-refractivity contribution in [1.29, 1.82) is 0 Å². The van der Waals surface area contributed by atoms with Gasteiger partial charge in [0.2, 0.25) is 0 Å². The Hall–Kier alpha value is -2.04. The minimum Gasteiger partial charge on any atom is -0.335 e. The van der Waals surface area contributed by atoms with Crippen molar-refractivity contribution in [2.75, 3.05) is 18.4 Å². The number of halogens is 1. The van der Waals surface area contributed by atoms with Crippen LogP contribution in [0.1, 0.15) is 24.0 Å². The maximum Gasteiger partial charge on any atom is 0.319 e. The van der Waals surface area contributed by atoms with Gasteiger partial charge < -0.3 is 10.6 Å². The number of benzene rings is 2. The Bertz CT molecular complexity index is 712. The van der Waals surface area contributed by atoms with Gasteiger partial charge >= 0.3 is 6.03 Å². The van der Waals surface area contributed by atoms with Crippen LogP contribution in [-0.2, 0) is 6.54 Å². The molecule has 1 aliphatic rings. The van der Waals surface area contributed by atoms with Crippen LogP contribution in [0.25, 0.3) is 0 Å². The van der Waals surface area contributed by atoms with Gasteiger partial charge in [-0.1, -0.05) is 48.0 Å². The molecule has 132 valence electrons. The number of likely N-dealkylation sites (tertiary alicyclic amines) is 1. The second kappa shape index (κ2) is 8.37. The minimum atomic E-state index is -0.165. The summed E-state index contributed by atoms with van der Waals surface area (Å²) in [4.78, 5) is 14.6. The second-order valence-corrected chi connectivity index (χ2v) is 7.01. The molecule has 2 aromatic rings.